The Labute approximate surface area is 119 Å². The minimum Gasteiger partial charge on any atom is -0.329 e. The van der Waals surface area contributed by atoms with Crippen LogP contribution in [0.15, 0.2) is 29.6 Å². The van der Waals surface area contributed by atoms with Gasteiger partial charge >= 0.3 is 0 Å². The summed E-state index contributed by atoms with van der Waals surface area (Å²) in [5.41, 5.74) is 5.75. The van der Waals surface area contributed by atoms with Crippen LogP contribution in [0.4, 0.5) is 13.2 Å². The van der Waals surface area contributed by atoms with Crippen molar-refractivity contribution in [2.24, 2.45) is 5.73 Å². The quantitative estimate of drug-likeness (QED) is 0.859. The minimum absolute atomic E-state index is 0.0745. The molecule has 6 heteroatoms. The summed E-state index contributed by atoms with van der Waals surface area (Å²) >= 11 is 1.57. The van der Waals surface area contributed by atoms with Crippen molar-refractivity contribution < 1.29 is 13.2 Å². The third-order valence-corrected chi connectivity index (χ3v) is 4.00. The lowest BCUT2D eigenvalue weighted by molar-refractivity contribution is 0.237. The summed E-state index contributed by atoms with van der Waals surface area (Å²) in [4.78, 5) is 2.91. The second kappa shape index (κ2) is 6.39. The number of benzene rings is 1. The van der Waals surface area contributed by atoms with Crippen LogP contribution in [-0.2, 0) is 6.54 Å². The van der Waals surface area contributed by atoms with Crippen molar-refractivity contribution >= 4 is 11.3 Å². The molecule has 1 aromatic carbocycles. The fraction of sp³-hybridized carbons (Fsp3) is 0.286. The van der Waals surface area contributed by atoms with E-state index in [-0.39, 0.29) is 12.1 Å². The standard InChI is InChI=1S/C14H15F3N2S/c1-19(8-9-3-2-4-20-9)14(7-18)10-5-12(16)13(17)6-11(10)15/h2-6,14H,7-8,18H2,1H3. The molecule has 0 spiro atoms. The molecule has 1 heterocycles. The second-order valence-corrected chi connectivity index (χ2v) is 5.57. The van der Waals surface area contributed by atoms with E-state index in [4.69, 9.17) is 5.73 Å². The molecule has 0 aliphatic rings. The van der Waals surface area contributed by atoms with Crippen molar-refractivity contribution in [3.63, 3.8) is 0 Å². The Balaban J connectivity index is 2.25. The highest BCUT2D eigenvalue weighted by Gasteiger charge is 2.21. The molecule has 2 aromatic rings. The average molecular weight is 300 g/mol. The van der Waals surface area contributed by atoms with E-state index in [1.54, 1.807) is 18.4 Å². The third-order valence-electron chi connectivity index (χ3n) is 3.14. The SMILES string of the molecule is CN(Cc1cccs1)C(CN)c1cc(F)c(F)cc1F. The van der Waals surface area contributed by atoms with E-state index in [1.165, 1.54) is 0 Å². The van der Waals surface area contributed by atoms with Crippen molar-refractivity contribution in [2.75, 3.05) is 13.6 Å². The molecule has 1 atom stereocenters. The predicted molar refractivity (Wildman–Crippen MR) is 73.9 cm³/mol. The van der Waals surface area contributed by atoms with Crippen LogP contribution in [0.1, 0.15) is 16.5 Å². The van der Waals surface area contributed by atoms with Gasteiger partial charge in [0.1, 0.15) is 5.82 Å². The van der Waals surface area contributed by atoms with Crippen LogP contribution < -0.4 is 5.73 Å². The Bertz CT molecular complexity index is 572. The van der Waals surface area contributed by atoms with E-state index in [9.17, 15) is 13.2 Å². The topological polar surface area (TPSA) is 29.3 Å². The van der Waals surface area contributed by atoms with Gasteiger partial charge in [-0.2, -0.15) is 0 Å². The maximum atomic E-state index is 13.8. The number of hydrogen-bond donors (Lipinski definition) is 1. The lowest BCUT2D eigenvalue weighted by Crippen LogP contribution is -2.30. The summed E-state index contributed by atoms with van der Waals surface area (Å²) in [6.07, 6.45) is 0. The molecular formula is C14H15F3N2S. The molecule has 108 valence electrons. The highest BCUT2D eigenvalue weighted by Crippen LogP contribution is 2.26. The van der Waals surface area contributed by atoms with Gasteiger partial charge in [0.25, 0.3) is 0 Å². The molecule has 0 fully saturated rings. The zero-order valence-electron chi connectivity index (χ0n) is 10.9. The first-order valence-electron chi connectivity index (χ1n) is 6.10. The lowest BCUT2D eigenvalue weighted by Gasteiger charge is -2.27. The van der Waals surface area contributed by atoms with Crippen LogP contribution in [0.5, 0.6) is 0 Å². The first-order valence-corrected chi connectivity index (χ1v) is 6.98. The number of hydrogen-bond acceptors (Lipinski definition) is 3. The summed E-state index contributed by atoms with van der Waals surface area (Å²) in [6, 6.07) is 4.81. The lowest BCUT2D eigenvalue weighted by atomic mass is 10.0. The van der Waals surface area contributed by atoms with Crippen molar-refractivity contribution in [3.8, 4) is 0 Å². The molecule has 1 aromatic heterocycles. The number of thiophene rings is 1. The molecule has 0 amide bonds. The molecule has 0 radical (unpaired) electrons. The summed E-state index contributed by atoms with van der Waals surface area (Å²) in [6.45, 7) is 0.682. The molecule has 0 aliphatic heterocycles. The normalized spacial score (nSPS) is 12.9. The Morgan fingerprint density at radius 2 is 1.90 bits per heavy atom. The van der Waals surface area contributed by atoms with Crippen LogP contribution in [0.25, 0.3) is 0 Å². The van der Waals surface area contributed by atoms with Gasteiger partial charge in [0, 0.05) is 29.6 Å². The Kier molecular flexibility index (Phi) is 4.80. The van der Waals surface area contributed by atoms with E-state index < -0.39 is 23.5 Å². The van der Waals surface area contributed by atoms with Crippen LogP contribution in [-0.4, -0.2) is 18.5 Å². The highest BCUT2D eigenvalue weighted by molar-refractivity contribution is 7.09. The third kappa shape index (κ3) is 3.20. The van der Waals surface area contributed by atoms with Crippen molar-refractivity contribution in [3.05, 3.63) is 57.5 Å². The van der Waals surface area contributed by atoms with Crippen molar-refractivity contribution in [1.82, 2.24) is 4.90 Å². The van der Waals surface area contributed by atoms with E-state index in [1.807, 2.05) is 22.4 Å². The summed E-state index contributed by atoms with van der Waals surface area (Å²) < 4.78 is 40.1. The molecule has 1 unspecified atom stereocenters. The van der Waals surface area contributed by atoms with E-state index in [0.29, 0.717) is 12.6 Å². The van der Waals surface area contributed by atoms with Gasteiger partial charge in [0.05, 0.1) is 6.04 Å². The average Bonchev–Trinajstić information content (AvgIpc) is 2.89. The van der Waals surface area contributed by atoms with Crippen LogP contribution >= 0.6 is 11.3 Å². The molecule has 0 saturated heterocycles. The van der Waals surface area contributed by atoms with E-state index in [2.05, 4.69) is 0 Å². The van der Waals surface area contributed by atoms with Gasteiger partial charge in [-0.1, -0.05) is 6.07 Å². The maximum absolute atomic E-state index is 13.8. The van der Waals surface area contributed by atoms with Crippen LogP contribution in [0, 0.1) is 17.5 Å². The molecule has 20 heavy (non-hydrogen) atoms. The number of rotatable bonds is 5. The Morgan fingerprint density at radius 1 is 1.20 bits per heavy atom. The molecule has 2 nitrogen and oxygen atoms in total. The Morgan fingerprint density at radius 3 is 2.50 bits per heavy atom. The maximum Gasteiger partial charge on any atom is 0.161 e. The van der Waals surface area contributed by atoms with Crippen LogP contribution in [0.3, 0.4) is 0 Å². The molecule has 2 rings (SSSR count). The molecule has 0 aliphatic carbocycles. The summed E-state index contributed by atoms with van der Waals surface area (Å²) in [5.74, 6) is -3.04. The molecule has 2 N–H and O–H groups in total. The van der Waals surface area contributed by atoms with Gasteiger partial charge < -0.3 is 5.73 Å². The van der Waals surface area contributed by atoms with Gasteiger partial charge in [-0.05, 0) is 24.6 Å². The highest BCUT2D eigenvalue weighted by atomic mass is 32.1. The van der Waals surface area contributed by atoms with Crippen molar-refractivity contribution in [1.29, 1.82) is 0 Å². The van der Waals surface area contributed by atoms with Gasteiger partial charge in [-0.3, -0.25) is 4.90 Å². The van der Waals surface area contributed by atoms with Gasteiger partial charge in [0.2, 0.25) is 0 Å². The number of halogens is 3. The number of nitrogens with zero attached hydrogens (tertiary/aromatic N) is 1. The largest absolute Gasteiger partial charge is 0.329 e. The predicted octanol–water partition coefficient (Wildman–Crippen LogP) is 3.30. The minimum atomic E-state index is -1.19. The Hall–Kier alpha value is -1.37. The zero-order chi connectivity index (χ0) is 14.7. The number of nitrogens with two attached hydrogens (primary N) is 1. The molecule has 0 bridgehead atoms. The smallest absolute Gasteiger partial charge is 0.161 e. The second-order valence-electron chi connectivity index (χ2n) is 4.53. The molecular weight excluding hydrogens is 285 g/mol. The van der Waals surface area contributed by atoms with E-state index in [0.717, 1.165) is 10.9 Å². The monoisotopic (exact) mass is 300 g/mol. The zero-order valence-corrected chi connectivity index (χ0v) is 11.8. The van der Waals surface area contributed by atoms with Crippen molar-refractivity contribution in [2.45, 2.75) is 12.6 Å². The fourth-order valence-electron chi connectivity index (χ4n) is 2.10. The van der Waals surface area contributed by atoms with Gasteiger partial charge in [-0.15, -0.1) is 11.3 Å². The first kappa shape index (κ1) is 15.0. The van der Waals surface area contributed by atoms with Gasteiger partial charge in [0.15, 0.2) is 11.6 Å². The van der Waals surface area contributed by atoms with Crippen LogP contribution in [0.2, 0.25) is 0 Å². The summed E-state index contributed by atoms with van der Waals surface area (Å²) in [5, 5.41) is 1.94. The van der Waals surface area contributed by atoms with Gasteiger partial charge in [-0.25, -0.2) is 13.2 Å². The fourth-order valence-corrected chi connectivity index (χ4v) is 2.86. The van der Waals surface area contributed by atoms with E-state index >= 15 is 0 Å². The summed E-state index contributed by atoms with van der Waals surface area (Å²) in [7, 11) is 1.78. The molecule has 0 saturated carbocycles. The first-order chi connectivity index (χ1) is 9.52. The number of likely N-dealkylation sites (N-methyl/N-ethyl adjacent to an activating group) is 1.